The van der Waals surface area contributed by atoms with Crippen molar-refractivity contribution >= 4 is 18.0 Å². The summed E-state index contributed by atoms with van der Waals surface area (Å²) in [5, 5.41) is 0. The van der Waals surface area contributed by atoms with Gasteiger partial charge in [0.05, 0.1) is 7.11 Å². The highest BCUT2D eigenvalue weighted by Gasteiger charge is 2.53. The SMILES string of the molecule is COC(=O)N1CC[C@@H]2[C@H]1CCC[C@]2(C#Cc1cccc(C)c1)OC(=O)CCCC(N)=O. The summed E-state index contributed by atoms with van der Waals surface area (Å²) in [5.41, 5.74) is 6.16. The first-order valence-corrected chi connectivity index (χ1v) is 10.8. The Morgan fingerprint density at radius 1 is 1.26 bits per heavy atom. The van der Waals surface area contributed by atoms with Gasteiger partial charge >= 0.3 is 12.1 Å². The average Bonchev–Trinajstić information content (AvgIpc) is 3.17. The van der Waals surface area contributed by atoms with Crippen LogP contribution in [0.4, 0.5) is 4.79 Å². The third-order valence-corrected chi connectivity index (χ3v) is 6.14. The Labute approximate surface area is 183 Å². The van der Waals surface area contributed by atoms with Crippen LogP contribution < -0.4 is 5.73 Å². The summed E-state index contributed by atoms with van der Waals surface area (Å²) < 4.78 is 11.0. The van der Waals surface area contributed by atoms with Crippen LogP contribution in [-0.4, -0.2) is 48.2 Å². The lowest BCUT2D eigenvalue weighted by molar-refractivity contribution is -0.162. The minimum absolute atomic E-state index is 0.0774. The van der Waals surface area contributed by atoms with E-state index in [0.717, 1.165) is 24.0 Å². The number of amides is 2. The molecule has 2 fully saturated rings. The lowest BCUT2D eigenvalue weighted by Gasteiger charge is -2.42. The van der Waals surface area contributed by atoms with E-state index in [-0.39, 0.29) is 30.9 Å². The van der Waals surface area contributed by atoms with Crippen LogP contribution in [0.5, 0.6) is 0 Å². The zero-order valence-corrected chi connectivity index (χ0v) is 18.2. The molecule has 1 heterocycles. The van der Waals surface area contributed by atoms with Crippen molar-refractivity contribution in [3.05, 3.63) is 35.4 Å². The molecule has 31 heavy (non-hydrogen) atoms. The van der Waals surface area contributed by atoms with Crippen molar-refractivity contribution in [1.82, 2.24) is 4.90 Å². The highest BCUT2D eigenvalue weighted by Crippen LogP contribution is 2.45. The molecule has 1 saturated carbocycles. The van der Waals surface area contributed by atoms with Crippen molar-refractivity contribution in [2.24, 2.45) is 11.7 Å². The number of fused-ring (bicyclic) bond motifs is 1. The number of hydrogen-bond donors (Lipinski definition) is 1. The third-order valence-electron chi connectivity index (χ3n) is 6.14. The Hall–Kier alpha value is -3.01. The number of carbonyl (C=O) groups excluding carboxylic acids is 3. The molecule has 0 radical (unpaired) electrons. The molecule has 7 heteroatoms. The van der Waals surface area contributed by atoms with Crippen molar-refractivity contribution in [1.29, 1.82) is 0 Å². The van der Waals surface area contributed by atoms with E-state index in [4.69, 9.17) is 15.2 Å². The fourth-order valence-electron chi connectivity index (χ4n) is 4.73. The first kappa shape index (κ1) is 22.7. The zero-order valence-electron chi connectivity index (χ0n) is 18.2. The summed E-state index contributed by atoms with van der Waals surface area (Å²) >= 11 is 0. The molecule has 7 nitrogen and oxygen atoms in total. The summed E-state index contributed by atoms with van der Waals surface area (Å²) in [6.07, 6.45) is 3.15. The number of methoxy groups -OCH3 is 1. The molecular formula is C24H30N2O5. The molecule has 166 valence electrons. The lowest BCUT2D eigenvalue weighted by Crippen LogP contribution is -2.51. The number of aryl methyl sites for hydroxylation is 1. The molecule has 1 aliphatic heterocycles. The normalized spacial score (nSPS) is 24.5. The number of benzene rings is 1. The number of ether oxygens (including phenoxy) is 2. The van der Waals surface area contributed by atoms with Crippen molar-refractivity contribution < 1.29 is 23.9 Å². The van der Waals surface area contributed by atoms with Gasteiger partial charge in [0, 0.05) is 36.9 Å². The molecule has 0 unspecified atom stereocenters. The van der Waals surface area contributed by atoms with E-state index >= 15 is 0 Å². The molecule has 0 aromatic heterocycles. The number of likely N-dealkylation sites (tertiary alicyclic amines) is 1. The second kappa shape index (κ2) is 9.86. The number of rotatable bonds is 5. The smallest absolute Gasteiger partial charge is 0.409 e. The molecule has 1 aromatic carbocycles. The summed E-state index contributed by atoms with van der Waals surface area (Å²) in [6.45, 7) is 2.55. The maximum atomic E-state index is 12.7. The van der Waals surface area contributed by atoms with Gasteiger partial charge in [-0.15, -0.1) is 0 Å². The number of hydrogen-bond acceptors (Lipinski definition) is 5. The predicted molar refractivity (Wildman–Crippen MR) is 115 cm³/mol. The second-order valence-electron chi connectivity index (χ2n) is 8.32. The maximum Gasteiger partial charge on any atom is 0.409 e. The lowest BCUT2D eigenvalue weighted by atomic mass is 9.72. The number of nitrogens with zero attached hydrogens (tertiary/aromatic N) is 1. The molecule has 3 atom stereocenters. The van der Waals surface area contributed by atoms with Crippen molar-refractivity contribution in [3.8, 4) is 11.8 Å². The van der Waals surface area contributed by atoms with Gasteiger partial charge in [0.1, 0.15) is 0 Å². The van der Waals surface area contributed by atoms with Gasteiger partial charge in [-0.25, -0.2) is 4.79 Å². The molecule has 0 bridgehead atoms. The van der Waals surface area contributed by atoms with Crippen LogP contribution in [0.1, 0.15) is 56.1 Å². The predicted octanol–water partition coefficient (Wildman–Crippen LogP) is 2.92. The number of esters is 1. The van der Waals surface area contributed by atoms with Crippen LogP contribution in [0, 0.1) is 24.7 Å². The molecule has 2 aliphatic rings. The largest absolute Gasteiger partial charge is 0.453 e. The standard InChI is InChI=1S/C24H30N2O5/c1-17-6-3-7-18(16-17)11-14-24(31-22(28)10-4-9-21(25)27)13-5-8-20-19(24)12-15-26(20)23(29)30-2/h3,6-7,16,19-20H,4-5,8-10,12-13,15H2,1-2H3,(H2,25,27)/t19-,20-,24-/m1/s1. The minimum atomic E-state index is -0.973. The Morgan fingerprint density at radius 3 is 2.77 bits per heavy atom. The monoisotopic (exact) mass is 426 g/mol. The molecule has 1 aromatic rings. The highest BCUT2D eigenvalue weighted by atomic mass is 16.6. The van der Waals surface area contributed by atoms with Crippen LogP contribution in [0.25, 0.3) is 0 Å². The topological polar surface area (TPSA) is 98.9 Å². The molecule has 1 aliphatic carbocycles. The molecule has 2 amide bonds. The van der Waals surface area contributed by atoms with E-state index in [2.05, 4.69) is 11.8 Å². The highest BCUT2D eigenvalue weighted by molar-refractivity contribution is 5.75. The van der Waals surface area contributed by atoms with Gasteiger partial charge in [0.2, 0.25) is 5.91 Å². The minimum Gasteiger partial charge on any atom is -0.453 e. The first-order valence-electron chi connectivity index (χ1n) is 10.8. The fraction of sp³-hybridized carbons (Fsp3) is 0.542. The summed E-state index contributed by atoms with van der Waals surface area (Å²) in [7, 11) is 1.38. The van der Waals surface area contributed by atoms with E-state index in [9.17, 15) is 14.4 Å². The van der Waals surface area contributed by atoms with Crippen molar-refractivity contribution in [2.75, 3.05) is 13.7 Å². The van der Waals surface area contributed by atoms with E-state index in [1.165, 1.54) is 7.11 Å². The van der Waals surface area contributed by atoms with Crippen molar-refractivity contribution in [2.45, 2.75) is 63.5 Å². The van der Waals surface area contributed by atoms with E-state index in [1.807, 2.05) is 31.2 Å². The number of nitrogens with two attached hydrogens (primary N) is 1. The van der Waals surface area contributed by atoms with Crippen LogP contribution >= 0.6 is 0 Å². The quantitative estimate of drug-likeness (QED) is 0.577. The zero-order chi connectivity index (χ0) is 22.4. The molecular weight excluding hydrogens is 396 g/mol. The summed E-state index contributed by atoms with van der Waals surface area (Å²) in [6, 6.07) is 7.79. The van der Waals surface area contributed by atoms with Crippen molar-refractivity contribution in [3.63, 3.8) is 0 Å². The summed E-state index contributed by atoms with van der Waals surface area (Å²) in [5.74, 6) is 5.59. The van der Waals surface area contributed by atoms with E-state index in [1.54, 1.807) is 4.90 Å². The first-order chi connectivity index (χ1) is 14.8. The third kappa shape index (κ3) is 5.38. The Morgan fingerprint density at radius 2 is 2.06 bits per heavy atom. The van der Waals surface area contributed by atoms with E-state index in [0.29, 0.717) is 25.8 Å². The van der Waals surface area contributed by atoms with E-state index < -0.39 is 17.5 Å². The summed E-state index contributed by atoms with van der Waals surface area (Å²) in [4.78, 5) is 37.6. The van der Waals surface area contributed by atoms with Crippen LogP contribution in [0.15, 0.2) is 24.3 Å². The van der Waals surface area contributed by atoms with Gasteiger partial charge in [-0.1, -0.05) is 18.1 Å². The van der Waals surface area contributed by atoms with Gasteiger partial charge in [-0.2, -0.15) is 0 Å². The second-order valence-corrected chi connectivity index (χ2v) is 8.32. The number of carbonyl (C=O) groups is 3. The molecule has 1 saturated heterocycles. The molecule has 3 rings (SSSR count). The van der Waals surface area contributed by atoms with Gasteiger partial charge in [0.15, 0.2) is 5.60 Å². The average molecular weight is 427 g/mol. The van der Waals surface area contributed by atoms with Gasteiger partial charge in [-0.05, 0) is 62.6 Å². The van der Waals surface area contributed by atoms with Crippen LogP contribution in [-0.2, 0) is 19.1 Å². The Kier molecular flexibility index (Phi) is 7.21. The Bertz CT molecular complexity index is 903. The van der Waals surface area contributed by atoms with Crippen LogP contribution in [0.2, 0.25) is 0 Å². The Balaban J connectivity index is 1.88. The fourth-order valence-corrected chi connectivity index (χ4v) is 4.73. The van der Waals surface area contributed by atoms with Gasteiger partial charge in [-0.3, -0.25) is 9.59 Å². The molecule has 2 N–H and O–H groups in total. The maximum absolute atomic E-state index is 12.7. The van der Waals surface area contributed by atoms with Crippen LogP contribution in [0.3, 0.4) is 0 Å². The van der Waals surface area contributed by atoms with Gasteiger partial charge in [0.25, 0.3) is 0 Å². The van der Waals surface area contributed by atoms with Gasteiger partial charge < -0.3 is 20.1 Å². The number of primary amides is 1. The molecule has 0 spiro atoms.